The van der Waals surface area contributed by atoms with E-state index in [1.807, 2.05) is 32.3 Å². The number of carbonyl (C=O) groups is 1. The van der Waals surface area contributed by atoms with Crippen molar-refractivity contribution in [2.75, 3.05) is 24.5 Å². The average Bonchev–Trinajstić information content (AvgIpc) is 2.62. The summed E-state index contributed by atoms with van der Waals surface area (Å²) in [5.41, 5.74) is 2.22. The third-order valence-corrected chi connectivity index (χ3v) is 5.60. The fourth-order valence-electron chi connectivity index (χ4n) is 2.58. The number of nitrogens with zero attached hydrogens (tertiary/aromatic N) is 1. The predicted molar refractivity (Wildman–Crippen MR) is 100 cm³/mol. The van der Waals surface area contributed by atoms with Crippen molar-refractivity contribution in [3.05, 3.63) is 72.3 Å². The van der Waals surface area contributed by atoms with Crippen LogP contribution in [0.5, 0.6) is 0 Å². The molecule has 3 aromatic rings. The second-order valence-electron chi connectivity index (χ2n) is 5.59. The number of rotatable bonds is 5. The average molecular weight is 384 g/mol. The molecule has 0 bridgehead atoms. The van der Waals surface area contributed by atoms with E-state index in [-0.39, 0.29) is 20.9 Å². The molecule has 3 aromatic carbocycles. The van der Waals surface area contributed by atoms with E-state index in [1.165, 1.54) is 20.9 Å². The summed E-state index contributed by atoms with van der Waals surface area (Å²) in [6.07, 6.45) is 0. The molecule has 0 aliphatic heterocycles. The van der Waals surface area contributed by atoms with Gasteiger partial charge >= 0.3 is 148 Å². The van der Waals surface area contributed by atoms with E-state index < -0.39 is 0 Å². The molecule has 0 aliphatic carbocycles. The molecule has 0 saturated heterocycles. The molecule has 4 heteroatoms. The van der Waals surface area contributed by atoms with Crippen LogP contribution in [0.25, 0.3) is 10.8 Å². The Labute approximate surface area is 148 Å². The van der Waals surface area contributed by atoms with E-state index in [4.69, 9.17) is 4.74 Å². The van der Waals surface area contributed by atoms with Gasteiger partial charge in [-0.15, -0.1) is 0 Å². The summed E-state index contributed by atoms with van der Waals surface area (Å²) in [4.78, 5) is 14.2. The number of fused-ring (bicyclic) bond motifs is 1. The van der Waals surface area contributed by atoms with Gasteiger partial charge in [0.25, 0.3) is 0 Å². The van der Waals surface area contributed by atoms with Gasteiger partial charge in [-0.25, -0.2) is 0 Å². The molecule has 0 spiro atoms. The molecule has 0 radical (unpaired) electrons. The van der Waals surface area contributed by atoms with Crippen LogP contribution < -0.4 is 9.36 Å². The number of anilines is 1. The van der Waals surface area contributed by atoms with Crippen molar-refractivity contribution in [3.63, 3.8) is 0 Å². The first kappa shape index (κ1) is 16.6. The summed E-state index contributed by atoms with van der Waals surface area (Å²) in [5.74, 6) is -0.259. The van der Waals surface area contributed by atoms with Crippen LogP contribution in [0, 0.1) is 0 Å². The van der Waals surface area contributed by atoms with Crippen molar-refractivity contribution in [2.45, 2.75) is 0 Å². The molecule has 0 atom stereocenters. The fourth-order valence-corrected chi connectivity index (χ4v) is 4.34. The zero-order valence-corrected chi connectivity index (χ0v) is 15.4. The quantitative estimate of drug-likeness (QED) is 0.500. The standard InChI is InChI=1S/C20H19NO2Se/c1-21(2)17-12-6-10-15-11-7-13-18(19(15)17)24-14-23-20(22)16-8-4-3-5-9-16/h3-13H,14H2,1-2H3. The van der Waals surface area contributed by atoms with Crippen LogP contribution in [0.15, 0.2) is 66.7 Å². The maximum absolute atomic E-state index is 12.1. The number of carbonyl (C=O) groups excluding carboxylic acids is 1. The monoisotopic (exact) mass is 385 g/mol. The van der Waals surface area contributed by atoms with Crippen LogP contribution in [0.2, 0.25) is 0 Å². The first-order valence-corrected chi connectivity index (χ1v) is 9.77. The van der Waals surface area contributed by atoms with Gasteiger partial charge < -0.3 is 0 Å². The topological polar surface area (TPSA) is 29.5 Å². The molecular formula is C20H19NO2Se. The molecule has 24 heavy (non-hydrogen) atoms. The van der Waals surface area contributed by atoms with Crippen LogP contribution in [-0.2, 0) is 4.74 Å². The number of hydrogen-bond donors (Lipinski definition) is 0. The normalized spacial score (nSPS) is 10.6. The van der Waals surface area contributed by atoms with Gasteiger partial charge in [0.2, 0.25) is 0 Å². The van der Waals surface area contributed by atoms with Gasteiger partial charge in [-0.1, -0.05) is 0 Å². The van der Waals surface area contributed by atoms with E-state index >= 15 is 0 Å². The molecule has 0 heterocycles. The summed E-state index contributed by atoms with van der Waals surface area (Å²) >= 11 is 0.0655. The molecule has 0 saturated carbocycles. The molecule has 0 aliphatic rings. The molecule has 0 amide bonds. The van der Waals surface area contributed by atoms with Gasteiger partial charge in [-0.2, -0.15) is 0 Å². The van der Waals surface area contributed by atoms with Crippen LogP contribution >= 0.6 is 0 Å². The van der Waals surface area contributed by atoms with Gasteiger partial charge in [-0.3, -0.25) is 0 Å². The van der Waals surface area contributed by atoms with Crippen LogP contribution in [0.1, 0.15) is 10.4 Å². The van der Waals surface area contributed by atoms with Crippen molar-refractivity contribution in [1.29, 1.82) is 0 Å². The van der Waals surface area contributed by atoms with Crippen molar-refractivity contribution < 1.29 is 9.53 Å². The van der Waals surface area contributed by atoms with Crippen molar-refractivity contribution in [1.82, 2.24) is 0 Å². The van der Waals surface area contributed by atoms with E-state index in [9.17, 15) is 4.79 Å². The molecule has 0 N–H and O–H groups in total. The molecule has 0 aromatic heterocycles. The van der Waals surface area contributed by atoms with Gasteiger partial charge in [-0.05, 0) is 0 Å². The number of hydrogen-bond acceptors (Lipinski definition) is 3. The molecule has 3 rings (SSSR count). The van der Waals surface area contributed by atoms with Gasteiger partial charge in [0, 0.05) is 0 Å². The third kappa shape index (κ3) is 3.61. The molecule has 122 valence electrons. The Morgan fingerprint density at radius 1 is 0.958 bits per heavy atom. The number of benzene rings is 3. The van der Waals surface area contributed by atoms with Crippen molar-refractivity contribution in [3.8, 4) is 0 Å². The summed E-state index contributed by atoms with van der Waals surface area (Å²) in [6.45, 7) is 0. The van der Waals surface area contributed by atoms with Crippen molar-refractivity contribution >= 4 is 41.8 Å². The van der Waals surface area contributed by atoms with Gasteiger partial charge in [0.1, 0.15) is 0 Å². The predicted octanol–water partition coefficient (Wildman–Crippen LogP) is 3.05. The maximum atomic E-state index is 12.1. The van der Waals surface area contributed by atoms with E-state index in [2.05, 4.69) is 41.3 Å². The minimum absolute atomic E-state index is 0.0655. The number of esters is 1. The van der Waals surface area contributed by atoms with Crippen molar-refractivity contribution in [2.24, 2.45) is 0 Å². The summed E-state index contributed by atoms with van der Waals surface area (Å²) < 4.78 is 6.71. The number of ether oxygens (including phenoxy) is 1. The van der Waals surface area contributed by atoms with E-state index in [0.717, 1.165) is 0 Å². The summed E-state index contributed by atoms with van der Waals surface area (Å²) in [7, 11) is 4.10. The Balaban J connectivity index is 1.77. The molecule has 0 fully saturated rings. The van der Waals surface area contributed by atoms with Crippen LogP contribution in [0.3, 0.4) is 0 Å². The molecule has 0 unspecified atom stereocenters. The summed E-state index contributed by atoms with van der Waals surface area (Å²) in [5, 5.41) is 2.47. The van der Waals surface area contributed by atoms with Crippen LogP contribution in [-0.4, -0.2) is 40.5 Å². The summed E-state index contributed by atoms with van der Waals surface area (Å²) in [6, 6.07) is 21.8. The first-order chi connectivity index (χ1) is 11.7. The second kappa shape index (κ2) is 7.52. The Kier molecular flexibility index (Phi) is 5.19. The zero-order chi connectivity index (χ0) is 16.9. The Hall–Kier alpha value is -2.29. The van der Waals surface area contributed by atoms with E-state index in [1.54, 1.807) is 12.1 Å². The van der Waals surface area contributed by atoms with Gasteiger partial charge in [0.05, 0.1) is 0 Å². The second-order valence-corrected chi connectivity index (χ2v) is 7.61. The Morgan fingerprint density at radius 3 is 2.38 bits per heavy atom. The molecular weight excluding hydrogens is 365 g/mol. The van der Waals surface area contributed by atoms with Crippen LogP contribution in [0.4, 0.5) is 5.69 Å². The zero-order valence-electron chi connectivity index (χ0n) is 13.7. The minimum atomic E-state index is -0.259. The van der Waals surface area contributed by atoms with Gasteiger partial charge in [0.15, 0.2) is 0 Å². The SMILES string of the molecule is CN(C)c1cccc2cccc([Se]COC(=O)c3ccccc3)c12. The Morgan fingerprint density at radius 2 is 1.67 bits per heavy atom. The first-order valence-electron chi connectivity index (χ1n) is 7.71. The molecule has 3 nitrogen and oxygen atoms in total. The fraction of sp³-hybridized carbons (Fsp3) is 0.150. The third-order valence-electron chi connectivity index (χ3n) is 3.74. The van der Waals surface area contributed by atoms with E-state index in [0.29, 0.717) is 11.1 Å². The Bertz CT molecular complexity index is 841.